The lowest BCUT2D eigenvalue weighted by Crippen LogP contribution is -2.48. The fourth-order valence-electron chi connectivity index (χ4n) is 2.39. The summed E-state index contributed by atoms with van der Waals surface area (Å²) in [6.45, 7) is 6.50. The summed E-state index contributed by atoms with van der Waals surface area (Å²) in [5.74, 6) is 0.761. The minimum absolute atomic E-state index is 0.0316. The molecule has 0 spiro atoms. The van der Waals surface area contributed by atoms with E-state index >= 15 is 0 Å². The first-order chi connectivity index (χ1) is 7.25. The van der Waals surface area contributed by atoms with Crippen LogP contribution in [0.15, 0.2) is 4.99 Å². The molecule has 0 unspecified atom stereocenters. The van der Waals surface area contributed by atoms with E-state index < -0.39 is 0 Å². The Labute approximate surface area is 90.7 Å². The molecule has 2 bridgehead atoms. The average Bonchev–Trinajstić information content (AvgIpc) is 2.26. The van der Waals surface area contributed by atoms with Crippen molar-refractivity contribution in [2.24, 2.45) is 10.9 Å². The Morgan fingerprint density at radius 2 is 2.27 bits per heavy atom. The molecule has 0 atom stereocenters. The number of piperidine rings is 3. The van der Waals surface area contributed by atoms with Crippen LogP contribution in [0, 0.1) is 5.92 Å². The fraction of sp³-hybridized carbons (Fsp3) is 0.818. The van der Waals surface area contributed by atoms with E-state index in [9.17, 15) is 4.79 Å². The zero-order chi connectivity index (χ0) is 10.7. The highest BCUT2D eigenvalue weighted by molar-refractivity contribution is 5.90. The number of fused-ring (bicyclic) bond motifs is 3. The SMILES string of the molecule is CC(=O)NCCN=C1CN2CCC1CC2. The van der Waals surface area contributed by atoms with Gasteiger partial charge in [0, 0.05) is 31.6 Å². The van der Waals surface area contributed by atoms with Gasteiger partial charge in [-0.25, -0.2) is 0 Å². The summed E-state index contributed by atoms with van der Waals surface area (Å²) < 4.78 is 0. The highest BCUT2D eigenvalue weighted by atomic mass is 16.1. The largest absolute Gasteiger partial charge is 0.354 e. The predicted molar refractivity (Wildman–Crippen MR) is 60.1 cm³/mol. The number of carbonyl (C=O) groups excluding carboxylic acids is 1. The van der Waals surface area contributed by atoms with Crippen LogP contribution >= 0.6 is 0 Å². The molecule has 1 N–H and O–H groups in total. The van der Waals surface area contributed by atoms with E-state index in [1.54, 1.807) is 6.92 Å². The standard InChI is InChI=1S/C11H19N3O/c1-9(15)12-4-5-13-11-8-14-6-2-10(11)3-7-14/h10H,2-8H2,1H3,(H,12,15). The lowest BCUT2D eigenvalue weighted by molar-refractivity contribution is -0.118. The first kappa shape index (κ1) is 10.6. The van der Waals surface area contributed by atoms with Gasteiger partial charge in [0.2, 0.25) is 5.91 Å². The van der Waals surface area contributed by atoms with Crippen LogP contribution < -0.4 is 5.32 Å². The summed E-state index contributed by atoms with van der Waals surface area (Å²) in [6.07, 6.45) is 2.55. The van der Waals surface area contributed by atoms with Gasteiger partial charge in [-0.15, -0.1) is 0 Å². The van der Waals surface area contributed by atoms with Crippen molar-refractivity contribution in [2.45, 2.75) is 19.8 Å². The number of rotatable bonds is 3. The van der Waals surface area contributed by atoms with Gasteiger partial charge in [-0.3, -0.25) is 14.7 Å². The van der Waals surface area contributed by atoms with Gasteiger partial charge in [0.25, 0.3) is 0 Å². The normalized spacial score (nSPS) is 31.9. The summed E-state index contributed by atoms with van der Waals surface area (Å²) in [5.41, 5.74) is 1.36. The minimum Gasteiger partial charge on any atom is -0.354 e. The second-order valence-electron chi connectivity index (χ2n) is 4.41. The van der Waals surface area contributed by atoms with Gasteiger partial charge in [0.15, 0.2) is 0 Å². The molecule has 3 aliphatic rings. The van der Waals surface area contributed by atoms with E-state index in [4.69, 9.17) is 0 Å². The van der Waals surface area contributed by atoms with Crippen molar-refractivity contribution in [3.8, 4) is 0 Å². The van der Waals surface area contributed by atoms with E-state index in [-0.39, 0.29) is 5.91 Å². The van der Waals surface area contributed by atoms with Gasteiger partial charge < -0.3 is 5.32 Å². The Balaban J connectivity index is 1.78. The highest BCUT2D eigenvalue weighted by Gasteiger charge is 2.30. The Hall–Kier alpha value is -0.900. The lowest BCUT2D eigenvalue weighted by Gasteiger charge is -2.40. The van der Waals surface area contributed by atoms with Crippen LogP contribution in [0.1, 0.15) is 19.8 Å². The first-order valence-corrected chi connectivity index (χ1v) is 5.75. The Morgan fingerprint density at radius 1 is 1.53 bits per heavy atom. The maximum Gasteiger partial charge on any atom is 0.216 e. The second kappa shape index (κ2) is 4.75. The zero-order valence-electron chi connectivity index (χ0n) is 9.33. The van der Waals surface area contributed by atoms with Gasteiger partial charge in [-0.05, 0) is 25.9 Å². The molecule has 0 saturated carbocycles. The summed E-state index contributed by atoms with van der Waals surface area (Å²) in [4.78, 5) is 17.7. The van der Waals surface area contributed by atoms with E-state index in [2.05, 4.69) is 15.2 Å². The van der Waals surface area contributed by atoms with Crippen LogP contribution in [0.3, 0.4) is 0 Å². The van der Waals surface area contributed by atoms with Gasteiger partial charge in [0.1, 0.15) is 0 Å². The maximum atomic E-state index is 10.7. The molecule has 0 aromatic rings. The minimum atomic E-state index is 0.0316. The van der Waals surface area contributed by atoms with Gasteiger partial charge in [-0.2, -0.15) is 0 Å². The van der Waals surface area contributed by atoms with Gasteiger partial charge >= 0.3 is 0 Å². The molecular weight excluding hydrogens is 190 g/mol. The molecule has 3 rings (SSSR count). The number of hydrogen-bond donors (Lipinski definition) is 1. The molecule has 0 aromatic heterocycles. The third-order valence-electron chi connectivity index (χ3n) is 3.25. The van der Waals surface area contributed by atoms with Crippen LogP contribution in [-0.2, 0) is 4.79 Å². The number of nitrogens with zero attached hydrogens (tertiary/aromatic N) is 2. The highest BCUT2D eigenvalue weighted by Crippen LogP contribution is 2.25. The summed E-state index contributed by atoms with van der Waals surface area (Å²) >= 11 is 0. The predicted octanol–water partition coefficient (Wildman–Crippen LogP) is 0.289. The van der Waals surface area contributed by atoms with Crippen LogP contribution in [0.25, 0.3) is 0 Å². The number of nitrogens with one attached hydrogen (secondary N) is 1. The van der Waals surface area contributed by atoms with Crippen molar-refractivity contribution in [3.63, 3.8) is 0 Å². The third kappa shape index (κ3) is 2.78. The van der Waals surface area contributed by atoms with E-state index in [1.807, 2.05) is 0 Å². The zero-order valence-corrected chi connectivity index (χ0v) is 9.33. The Morgan fingerprint density at radius 3 is 2.80 bits per heavy atom. The number of carbonyl (C=O) groups is 1. The average molecular weight is 209 g/mol. The molecule has 4 heteroatoms. The molecule has 84 valence electrons. The number of aliphatic imine (C=N–C) groups is 1. The lowest BCUT2D eigenvalue weighted by atomic mass is 9.86. The second-order valence-corrected chi connectivity index (χ2v) is 4.41. The number of amides is 1. The third-order valence-corrected chi connectivity index (χ3v) is 3.25. The van der Waals surface area contributed by atoms with Crippen molar-refractivity contribution in [3.05, 3.63) is 0 Å². The van der Waals surface area contributed by atoms with Crippen LogP contribution in [-0.4, -0.2) is 49.2 Å². The van der Waals surface area contributed by atoms with Crippen LogP contribution in [0.4, 0.5) is 0 Å². The van der Waals surface area contributed by atoms with E-state index in [0.29, 0.717) is 6.54 Å². The monoisotopic (exact) mass is 209 g/mol. The van der Waals surface area contributed by atoms with Crippen molar-refractivity contribution in [1.82, 2.24) is 10.2 Å². The van der Waals surface area contributed by atoms with Crippen molar-refractivity contribution < 1.29 is 4.79 Å². The van der Waals surface area contributed by atoms with E-state index in [1.165, 1.54) is 31.6 Å². The molecule has 0 radical (unpaired) electrons. The molecular formula is C11H19N3O. The number of hydrogen-bond acceptors (Lipinski definition) is 3. The molecule has 0 aliphatic carbocycles. The van der Waals surface area contributed by atoms with Gasteiger partial charge in [0.05, 0.1) is 6.54 Å². The van der Waals surface area contributed by atoms with E-state index in [0.717, 1.165) is 19.0 Å². The van der Waals surface area contributed by atoms with Gasteiger partial charge in [-0.1, -0.05) is 0 Å². The van der Waals surface area contributed by atoms with Crippen molar-refractivity contribution in [2.75, 3.05) is 32.7 Å². The fourth-order valence-corrected chi connectivity index (χ4v) is 2.39. The van der Waals surface area contributed by atoms with Crippen molar-refractivity contribution >= 4 is 11.6 Å². The Kier molecular flexibility index (Phi) is 3.36. The molecule has 3 heterocycles. The summed E-state index contributed by atoms with van der Waals surface area (Å²) in [6, 6.07) is 0. The smallest absolute Gasteiger partial charge is 0.216 e. The maximum absolute atomic E-state index is 10.7. The topological polar surface area (TPSA) is 44.7 Å². The molecule has 1 amide bonds. The van der Waals surface area contributed by atoms with Crippen LogP contribution in [0.2, 0.25) is 0 Å². The Bertz CT molecular complexity index is 267. The quantitative estimate of drug-likeness (QED) is 0.679. The molecule has 3 fully saturated rings. The molecule has 15 heavy (non-hydrogen) atoms. The first-order valence-electron chi connectivity index (χ1n) is 5.75. The van der Waals surface area contributed by atoms with Crippen LogP contribution in [0.5, 0.6) is 0 Å². The molecule has 0 aromatic carbocycles. The molecule has 3 aliphatic heterocycles. The summed E-state index contributed by atoms with van der Waals surface area (Å²) in [7, 11) is 0. The summed E-state index contributed by atoms with van der Waals surface area (Å²) in [5, 5.41) is 2.77. The van der Waals surface area contributed by atoms with Crippen molar-refractivity contribution in [1.29, 1.82) is 0 Å². The molecule has 4 nitrogen and oxygen atoms in total. The molecule has 3 saturated heterocycles.